The molecule has 4 nitrogen and oxygen atoms in total. The first-order valence-electron chi connectivity index (χ1n) is 6.22. The van der Waals surface area contributed by atoms with E-state index in [4.69, 9.17) is 23.2 Å². The first-order chi connectivity index (χ1) is 9.49. The van der Waals surface area contributed by atoms with E-state index in [0.717, 1.165) is 0 Å². The lowest BCUT2D eigenvalue weighted by Gasteiger charge is -2.13. The van der Waals surface area contributed by atoms with Crippen molar-refractivity contribution in [2.75, 3.05) is 18.3 Å². The molecule has 0 saturated heterocycles. The average molecular weight is 318 g/mol. The van der Waals surface area contributed by atoms with E-state index in [0.29, 0.717) is 35.0 Å². The minimum Gasteiger partial charge on any atom is -0.469 e. The number of amides is 1. The second-order valence-electron chi connectivity index (χ2n) is 4.32. The summed E-state index contributed by atoms with van der Waals surface area (Å²) in [6, 6.07) is 5.04. The molecule has 0 fully saturated rings. The quantitative estimate of drug-likeness (QED) is 0.644. The number of esters is 1. The summed E-state index contributed by atoms with van der Waals surface area (Å²) in [5.74, 6) is -0.473. The number of hydrogen-bond acceptors (Lipinski definition) is 3. The van der Waals surface area contributed by atoms with Gasteiger partial charge in [0.05, 0.1) is 13.0 Å². The number of carbonyl (C=O) groups excluding carboxylic acids is 2. The van der Waals surface area contributed by atoms with Crippen LogP contribution in [-0.2, 0) is 14.3 Å². The van der Waals surface area contributed by atoms with E-state index in [9.17, 15) is 9.59 Å². The van der Waals surface area contributed by atoms with Crippen LogP contribution in [0.2, 0.25) is 5.02 Å². The molecule has 0 aromatic heterocycles. The number of carbonyl (C=O) groups is 2. The SMILES string of the molecule is COC(=O)C(C)c1ccc(NC(=O)CCCCl)cc1Cl. The highest BCUT2D eigenvalue weighted by atomic mass is 35.5. The topological polar surface area (TPSA) is 55.4 Å². The van der Waals surface area contributed by atoms with Crippen LogP contribution < -0.4 is 5.32 Å². The summed E-state index contributed by atoms with van der Waals surface area (Å²) in [6.07, 6.45) is 0.986. The minimum absolute atomic E-state index is 0.115. The molecular formula is C14H17Cl2NO3. The molecule has 0 saturated carbocycles. The lowest BCUT2D eigenvalue weighted by molar-refractivity contribution is -0.142. The van der Waals surface area contributed by atoms with Crippen molar-refractivity contribution in [2.45, 2.75) is 25.7 Å². The highest BCUT2D eigenvalue weighted by Gasteiger charge is 2.18. The van der Waals surface area contributed by atoms with E-state index < -0.39 is 5.92 Å². The summed E-state index contributed by atoms with van der Waals surface area (Å²) in [6.45, 7) is 1.71. The summed E-state index contributed by atoms with van der Waals surface area (Å²) in [4.78, 5) is 23.1. The van der Waals surface area contributed by atoms with Crippen molar-refractivity contribution in [2.24, 2.45) is 0 Å². The smallest absolute Gasteiger partial charge is 0.312 e. The molecule has 0 spiro atoms. The van der Waals surface area contributed by atoms with Crippen molar-refractivity contribution >= 4 is 40.8 Å². The van der Waals surface area contributed by atoms with Crippen LogP contribution in [0.25, 0.3) is 0 Å². The Hall–Kier alpha value is -1.26. The van der Waals surface area contributed by atoms with E-state index in [2.05, 4.69) is 10.1 Å². The number of rotatable bonds is 6. The molecule has 1 aromatic rings. The third kappa shape index (κ3) is 4.69. The Labute approximate surface area is 128 Å². The lowest BCUT2D eigenvalue weighted by Crippen LogP contribution is -2.13. The highest BCUT2D eigenvalue weighted by Crippen LogP contribution is 2.28. The van der Waals surface area contributed by atoms with Gasteiger partial charge in [-0.15, -0.1) is 11.6 Å². The Morgan fingerprint density at radius 1 is 1.40 bits per heavy atom. The van der Waals surface area contributed by atoms with Gasteiger partial charge >= 0.3 is 5.97 Å². The fourth-order valence-corrected chi connectivity index (χ4v) is 2.19. The zero-order valence-corrected chi connectivity index (χ0v) is 12.9. The standard InChI is InChI=1S/C14H17Cl2NO3/c1-9(14(19)20-2)11-6-5-10(8-12(11)16)17-13(18)4-3-7-15/h5-6,8-9H,3-4,7H2,1-2H3,(H,17,18). The summed E-state index contributed by atoms with van der Waals surface area (Å²) in [5.41, 5.74) is 1.26. The average Bonchev–Trinajstić information content (AvgIpc) is 2.43. The van der Waals surface area contributed by atoms with Crippen molar-refractivity contribution in [1.82, 2.24) is 0 Å². The lowest BCUT2D eigenvalue weighted by atomic mass is 10.0. The number of benzene rings is 1. The molecule has 0 radical (unpaired) electrons. The molecule has 1 rings (SSSR count). The Bertz CT molecular complexity index is 491. The van der Waals surface area contributed by atoms with E-state index in [1.54, 1.807) is 25.1 Å². The second kappa shape index (κ2) is 8.12. The van der Waals surface area contributed by atoms with Crippen LogP contribution in [0.15, 0.2) is 18.2 Å². The Balaban J connectivity index is 2.77. The number of methoxy groups -OCH3 is 1. The largest absolute Gasteiger partial charge is 0.469 e. The number of anilines is 1. The minimum atomic E-state index is -0.450. The molecule has 1 amide bonds. The third-order valence-corrected chi connectivity index (χ3v) is 3.44. The molecule has 1 unspecified atom stereocenters. The number of alkyl halides is 1. The van der Waals surface area contributed by atoms with Gasteiger partial charge in [0.2, 0.25) is 5.91 Å². The molecule has 0 bridgehead atoms. The second-order valence-corrected chi connectivity index (χ2v) is 5.11. The van der Waals surface area contributed by atoms with E-state index in [1.165, 1.54) is 7.11 Å². The maximum atomic E-state index is 11.6. The Morgan fingerprint density at radius 3 is 2.65 bits per heavy atom. The molecule has 6 heteroatoms. The van der Waals surface area contributed by atoms with Gasteiger partial charge in [-0.3, -0.25) is 9.59 Å². The van der Waals surface area contributed by atoms with Crippen LogP contribution in [-0.4, -0.2) is 24.9 Å². The molecule has 110 valence electrons. The number of halogens is 2. The van der Waals surface area contributed by atoms with E-state index >= 15 is 0 Å². The van der Waals surface area contributed by atoms with Gasteiger partial charge in [-0.1, -0.05) is 17.7 Å². The number of ether oxygens (including phenoxy) is 1. The first kappa shape index (κ1) is 16.8. The van der Waals surface area contributed by atoms with E-state index in [1.807, 2.05) is 0 Å². The first-order valence-corrected chi connectivity index (χ1v) is 7.14. The molecular weight excluding hydrogens is 301 g/mol. The zero-order valence-electron chi connectivity index (χ0n) is 11.4. The fraction of sp³-hybridized carbons (Fsp3) is 0.429. The Kier molecular flexibility index (Phi) is 6.82. The molecule has 1 aromatic carbocycles. The highest BCUT2D eigenvalue weighted by molar-refractivity contribution is 6.32. The molecule has 1 atom stereocenters. The zero-order chi connectivity index (χ0) is 15.1. The summed E-state index contributed by atoms with van der Waals surface area (Å²) in [7, 11) is 1.33. The predicted molar refractivity (Wildman–Crippen MR) is 80.5 cm³/mol. The molecule has 1 N–H and O–H groups in total. The van der Waals surface area contributed by atoms with Gasteiger partial charge in [0, 0.05) is 23.0 Å². The molecule has 0 heterocycles. The van der Waals surface area contributed by atoms with Crippen LogP contribution in [0.1, 0.15) is 31.2 Å². The fourth-order valence-electron chi connectivity index (χ4n) is 1.71. The molecule has 0 aliphatic heterocycles. The summed E-state index contributed by atoms with van der Waals surface area (Å²) in [5, 5.41) is 3.14. The van der Waals surface area contributed by atoms with Gasteiger partial charge in [-0.2, -0.15) is 0 Å². The number of nitrogens with one attached hydrogen (secondary N) is 1. The third-order valence-electron chi connectivity index (χ3n) is 2.84. The monoisotopic (exact) mass is 317 g/mol. The van der Waals surface area contributed by atoms with Crippen molar-refractivity contribution in [1.29, 1.82) is 0 Å². The summed E-state index contributed by atoms with van der Waals surface area (Å²) >= 11 is 11.7. The number of hydrogen-bond donors (Lipinski definition) is 1. The van der Waals surface area contributed by atoms with Gasteiger partial charge in [-0.05, 0) is 31.0 Å². The van der Waals surface area contributed by atoms with Gasteiger partial charge < -0.3 is 10.1 Å². The van der Waals surface area contributed by atoms with Crippen LogP contribution in [0.5, 0.6) is 0 Å². The van der Waals surface area contributed by atoms with Gasteiger partial charge in [0.15, 0.2) is 0 Å². The van der Waals surface area contributed by atoms with Crippen LogP contribution in [0, 0.1) is 0 Å². The van der Waals surface area contributed by atoms with Crippen LogP contribution >= 0.6 is 23.2 Å². The Morgan fingerprint density at radius 2 is 2.10 bits per heavy atom. The van der Waals surface area contributed by atoms with Crippen molar-refractivity contribution in [3.8, 4) is 0 Å². The van der Waals surface area contributed by atoms with Gasteiger partial charge in [-0.25, -0.2) is 0 Å². The summed E-state index contributed by atoms with van der Waals surface area (Å²) < 4.78 is 4.68. The maximum absolute atomic E-state index is 11.6. The molecule has 0 aliphatic rings. The molecule has 0 aliphatic carbocycles. The normalized spacial score (nSPS) is 11.8. The predicted octanol–water partition coefficient (Wildman–Crippen LogP) is 3.57. The molecule has 20 heavy (non-hydrogen) atoms. The van der Waals surface area contributed by atoms with Crippen LogP contribution in [0.3, 0.4) is 0 Å². The van der Waals surface area contributed by atoms with Gasteiger partial charge in [0.25, 0.3) is 0 Å². The van der Waals surface area contributed by atoms with Crippen molar-refractivity contribution < 1.29 is 14.3 Å². The maximum Gasteiger partial charge on any atom is 0.312 e. The van der Waals surface area contributed by atoms with Gasteiger partial charge in [0.1, 0.15) is 0 Å². The van der Waals surface area contributed by atoms with Crippen molar-refractivity contribution in [3.63, 3.8) is 0 Å². The van der Waals surface area contributed by atoms with Crippen LogP contribution in [0.4, 0.5) is 5.69 Å². The van der Waals surface area contributed by atoms with E-state index in [-0.39, 0.29) is 11.9 Å². The van der Waals surface area contributed by atoms with Crippen molar-refractivity contribution in [3.05, 3.63) is 28.8 Å².